The fraction of sp³-hybridized carbons (Fsp3) is 0.600. The lowest BCUT2D eigenvalue weighted by atomic mass is 10.1. The fourth-order valence-electron chi connectivity index (χ4n) is 2.55. The largest absolute Gasteiger partial charge is 0.492 e. The summed E-state index contributed by atoms with van der Waals surface area (Å²) in [6, 6.07) is 9.26. The molecule has 1 aromatic carbocycles. The predicted octanol–water partition coefficient (Wildman–Crippen LogP) is 2.85. The number of piperazine rings is 1. The minimum Gasteiger partial charge on any atom is -0.492 e. The van der Waals surface area contributed by atoms with Gasteiger partial charge in [0.1, 0.15) is 12.4 Å². The molecule has 0 N–H and O–H groups in total. The van der Waals surface area contributed by atoms with Crippen molar-refractivity contribution in [3.63, 3.8) is 0 Å². The molecule has 3 nitrogen and oxygen atoms in total. The second-order valence-corrected chi connectivity index (χ2v) is 6.34. The van der Waals surface area contributed by atoms with Gasteiger partial charge in [0.2, 0.25) is 0 Å². The number of halogens is 1. The maximum atomic E-state index is 5.80. The first-order chi connectivity index (χ1) is 9.06. The van der Waals surface area contributed by atoms with E-state index in [1.807, 2.05) is 24.3 Å². The summed E-state index contributed by atoms with van der Waals surface area (Å²) < 4.78 is 6.86. The monoisotopic (exact) mass is 326 g/mol. The van der Waals surface area contributed by atoms with Crippen LogP contribution in [0.1, 0.15) is 13.8 Å². The second-order valence-electron chi connectivity index (χ2n) is 5.43. The van der Waals surface area contributed by atoms with Crippen LogP contribution in [0.25, 0.3) is 0 Å². The minimum absolute atomic E-state index is 0.620. The van der Waals surface area contributed by atoms with Crippen LogP contribution in [0.4, 0.5) is 0 Å². The number of hydrogen-bond donors (Lipinski definition) is 0. The second kappa shape index (κ2) is 6.73. The van der Waals surface area contributed by atoms with Gasteiger partial charge in [-0.25, -0.2) is 0 Å². The van der Waals surface area contributed by atoms with E-state index in [9.17, 15) is 0 Å². The van der Waals surface area contributed by atoms with Crippen molar-refractivity contribution in [3.05, 3.63) is 28.7 Å². The molecule has 1 aliphatic heterocycles. The molecule has 0 amide bonds. The topological polar surface area (TPSA) is 15.7 Å². The Labute approximate surface area is 124 Å². The third kappa shape index (κ3) is 4.20. The van der Waals surface area contributed by atoms with Crippen molar-refractivity contribution >= 4 is 15.9 Å². The lowest BCUT2D eigenvalue weighted by Gasteiger charge is -2.42. The standard InChI is InChI=1S/C15H23BrN2O/c1-12-10-18(11-13(2)17(12)3)7-8-19-15-6-4-5-14(16)9-15/h4-6,9,12-13H,7-8,10-11H2,1-3H3. The Bertz CT molecular complexity index is 401. The Morgan fingerprint density at radius 2 is 1.95 bits per heavy atom. The smallest absolute Gasteiger partial charge is 0.120 e. The maximum absolute atomic E-state index is 5.80. The zero-order valence-corrected chi connectivity index (χ0v) is 13.6. The zero-order valence-electron chi connectivity index (χ0n) is 12.0. The molecule has 19 heavy (non-hydrogen) atoms. The van der Waals surface area contributed by atoms with Crippen molar-refractivity contribution in [2.24, 2.45) is 0 Å². The average Bonchev–Trinajstić information content (AvgIpc) is 2.36. The summed E-state index contributed by atoms with van der Waals surface area (Å²) in [5.74, 6) is 0.935. The normalized spacial score (nSPS) is 25.5. The van der Waals surface area contributed by atoms with Gasteiger partial charge < -0.3 is 4.74 Å². The number of hydrogen-bond acceptors (Lipinski definition) is 3. The van der Waals surface area contributed by atoms with Crippen molar-refractivity contribution in [2.45, 2.75) is 25.9 Å². The highest BCUT2D eigenvalue weighted by Crippen LogP contribution is 2.18. The van der Waals surface area contributed by atoms with E-state index >= 15 is 0 Å². The van der Waals surface area contributed by atoms with Gasteiger partial charge in [-0.15, -0.1) is 0 Å². The fourth-order valence-corrected chi connectivity index (χ4v) is 2.92. The van der Waals surface area contributed by atoms with Gasteiger partial charge in [0, 0.05) is 36.2 Å². The van der Waals surface area contributed by atoms with Crippen LogP contribution in [0.15, 0.2) is 28.7 Å². The van der Waals surface area contributed by atoms with Gasteiger partial charge in [-0.05, 0) is 39.1 Å². The van der Waals surface area contributed by atoms with Crippen LogP contribution in [0.3, 0.4) is 0 Å². The van der Waals surface area contributed by atoms with E-state index in [1.165, 1.54) is 0 Å². The van der Waals surface area contributed by atoms with Crippen molar-refractivity contribution in [3.8, 4) is 5.75 Å². The van der Waals surface area contributed by atoms with Crippen LogP contribution < -0.4 is 4.74 Å². The molecular weight excluding hydrogens is 304 g/mol. The summed E-state index contributed by atoms with van der Waals surface area (Å²) in [6.07, 6.45) is 0. The Morgan fingerprint density at radius 1 is 1.26 bits per heavy atom. The lowest BCUT2D eigenvalue weighted by Crippen LogP contribution is -2.55. The molecule has 0 aromatic heterocycles. The Balaban J connectivity index is 1.77. The number of rotatable bonds is 4. The van der Waals surface area contributed by atoms with E-state index in [0.29, 0.717) is 12.1 Å². The molecule has 2 atom stereocenters. The molecule has 1 fully saturated rings. The molecule has 106 valence electrons. The molecule has 1 saturated heterocycles. The minimum atomic E-state index is 0.620. The van der Waals surface area contributed by atoms with Crippen molar-refractivity contribution < 1.29 is 4.74 Å². The molecule has 2 unspecified atom stereocenters. The van der Waals surface area contributed by atoms with E-state index in [-0.39, 0.29) is 0 Å². The Morgan fingerprint density at radius 3 is 2.58 bits per heavy atom. The van der Waals surface area contributed by atoms with Gasteiger partial charge in [-0.3, -0.25) is 9.80 Å². The van der Waals surface area contributed by atoms with Crippen LogP contribution in [-0.2, 0) is 0 Å². The van der Waals surface area contributed by atoms with Gasteiger partial charge in [0.25, 0.3) is 0 Å². The Hall–Kier alpha value is -0.580. The zero-order chi connectivity index (χ0) is 13.8. The molecule has 4 heteroatoms. The van der Waals surface area contributed by atoms with Gasteiger partial charge in [0.15, 0.2) is 0 Å². The van der Waals surface area contributed by atoms with Crippen LogP contribution in [0.2, 0.25) is 0 Å². The number of likely N-dealkylation sites (N-methyl/N-ethyl adjacent to an activating group) is 1. The van der Waals surface area contributed by atoms with Crippen molar-refractivity contribution in [1.29, 1.82) is 0 Å². The van der Waals surface area contributed by atoms with Gasteiger partial charge >= 0.3 is 0 Å². The predicted molar refractivity (Wildman–Crippen MR) is 82.8 cm³/mol. The molecule has 0 bridgehead atoms. The molecular formula is C15H23BrN2O. The molecule has 1 heterocycles. The van der Waals surface area contributed by atoms with Crippen molar-refractivity contribution in [1.82, 2.24) is 9.80 Å². The Kier molecular flexibility index (Phi) is 5.25. The molecule has 0 saturated carbocycles. The van der Waals surface area contributed by atoms with E-state index < -0.39 is 0 Å². The SMILES string of the molecule is CC1CN(CCOc2cccc(Br)c2)CC(C)N1C. The molecule has 1 aliphatic rings. The van der Waals surface area contributed by atoms with Crippen LogP contribution in [0, 0.1) is 0 Å². The number of benzene rings is 1. The highest BCUT2D eigenvalue weighted by atomic mass is 79.9. The number of ether oxygens (including phenoxy) is 1. The molecule has 0 spiro atoms. The van der Waals surface area contributed by atoms with Gasteiger partial charge in [-0.2, -0.15) is 0 Å². The number of nitrogens with zero attached hydrogens (tertiary/aromatic N) is 2. The molecule has 0 aliphatic carbocycles. The van der Waals surface area contributed by atoms with Gasteiger partial charge in [-0.1, -0.05) is 22.0 Å². The lowest BCUT2D eigenvalue weighted by molar-refractivity contribution is 0.0522. The highest BCUT2D eigenvalue weighted by Gasteiger charge is 2.25. The van der Waals surface area contributed by atoms with Crippen LogP contribution >= 0.6 is 15.9 Å². The third-order valence-corrected chi connectivity index (χ3v) is 4.40. The maximum Gasteiger partial charge on any atom is 0.120 e. The van der Waals surface area contributed by atoms with E-state index in [4.69, 9.17) is 4.74 Å². The first-order valence-electron chi connectivity index (χ1n) is 6.89. The van der Waals surface area contributed by atoms with E-state index in [0.717, 1.165) is 36.5 Å². The molecule has 1 aromatic rings. The highest BCUT2D eigenvalue weighted by molar-refractivity contribution is 9.10. The average molecular weight is 327 g/mol. The molecule has 2 rings (SSSR count). The summed E-state index contributed by atoms with van der Waals surface area (Å²) in [4.78, 5) is 4.94. The van der Waals surface area contributed by atoms with Crippen molar-refractivity contribution in [2.75, 3.05) is 33.3 Å². The summed E-state index contributed by atoms with van der Waals surface area (Å²) >= 11 is 3.46. The summed E-state index contributed by atoms with van der Waals surface area (Å²) in [5, 5.41) is 0. The van der Waals surface area contributed by atoms with Crippen LogP contribution in [0.5, 0.6) is 5.75 Å². The van der Waals surface area contributed by atoms with Crippen LogP contribution in [-0.4, -0.2) is 55.2 Å². The first-order valence-corrected chi connectivity index (χ1v) is 7.68. The summed E-state index contributed by atoms with van der Waals surface area (Å²) in [7, 11) is 2.21. The van der Waals surface area contributed by atoms with Gasteiger partial charge in [0.05, 0.1) is 0 Å². The first kappa shape index (κ1) is 14.8. The van der Waals surface area contributed by atoms with E-state index in [1.54, 1.807) is 0 Å². The summed E-state index contributed by atoms with van der Waals surface area (Å²) in [5.41, 5.74) is 0. The third-order valence-electron chi connectivity index (χ3n) is 3.91. The summed E-state index contributed by atoms with van der Waals surface area (Å²) in [6.45, 7) is 8.58. The quantitative estimate of drug-likeness (QED) is 0.846. The van der Waals surface area contributed by atoms with E-state index in [2.05, 4.69) is 46.6 Å². The molecule has 0 radical (unpaired) electrons.